The predicted octanol–water partition coefficient (Wildman–Crippen LogP) is 3.80. The van der Waals surface area contributed by atoms with Crippen LogP contribution in [-0.2, 0) is 16.0 Å². The minimum absolute atomic E-state index is 0.130. The largest absolute Gasteiger partial charge is 0.459 e. The highest BCUT2D eigenvalue weighted by Gasteiger charge is 2.28. The second-order valence-electron chi connectivity index (χ2n) is 7.88. The molecule has 3 aliphatic rings. The van der Waals surface area contributed by atoms with Crippen molar-refractivity contribution in [3.8, 4) is 0 Å². The molecular weight excluding hydrogens is 358 g/mol. The Hall–Kier alpha value is -3.46. The molecule has 0 saturated heterocycles. The fraction of sp³-hybridized carbons (Fsp3) is 0.154. The van der Waals surface area contributed by atoms with E-state index < -0.39 is 0 Å². The van der Waals surface area contributed by atoms with Crippen LogP contribution in [0.25, 0.3) is 39.9 Å². The van der Waals surface area contributed by atoms with E-state index in [0.717, 1.165) is 23.6 Å². The van der Waals surface area contributed by atoms with Crippen LogP contribution in [0.2, 0.25) is 0 Å². The number of hydrogen-bond donors (Lipinski definition) is 0. The first-order chi connectivity index (χ1) is 14.3. The minimum Gasteiger partial charge on any atom is -0.459 e. The third-order valence-corrected chi connectivity index (χ3v) is 5.96. The summed E-state index contributed by atoms with van der Waals surface area (Å²) in [5.74, 6) is -0.168. The standard InChI is InChI=1S/C26H19NO2/c28-26(29-19-7-8-19)17-4-3-16-5-9-23-22-10-6-18-15-27-13-1-2-20(18)21(22)11-12-24(23)25(16)14-17/h1-6,9-13,15,19H,7-8,14H2. The number of carbonyl (C=O) groups excluding carboxylic acids is 1. The molecule has 0 spiro atoms. The molecule has 1 aliphatic heterocycles. The Morgan fingerprint density at radius 2 is 1.66 bits per heavy atom. The van der Waals surface area contributed by atoms with Crippen molar-refractivity contribution in [1.82, 2.24) is 0 Å². The van der Waals surface area contributed by atoms with Gasteiger partial charge in [-0.25, -0.2) is 4.79 Å². The Kier molecular flexibility index (Phi) is 3.57. The molecule has 0 N–H and O–H groups in total. The molecule has 3 aromatic carbocycles. The second kappa shape index (κ2) is 6.28. The maximum absolute atomic E-state index is 12.5. The molecular formula is C26H19NO2. The third-order valence-electron chi connectivity index (χ3n) is 5.96. The summed E-state index contributed by atoms with van der Waals surface area (Å²) in [6.07, 6.45) is 14.5. The lowest BCUT2D eigenvalue weighted by Gasteiger charge is -2.16. The summed E-state index contributed by atoms with van der Waals surface area (Å²) in [6, 6.07) is 13.1. The van der Waals surface area contributed by atoms with Crippen molar-refractivity contribution < 1.29 is 9.53 Å². The van der Waals surface area contributed by atoms with Crippen LogP contribution in [0, 0.1) is 0 Å². The van der Waals surface area contributed by atoms with Crippen LogP contribution in [0.3, 0.4) is 0 Å². The first-order valence-electron chi connectivity index (χ1n) is 10.1. The molecule has 0 unspecified atom stereocenters. The van der Waals surface area contributed by atoms with Crippen molar-refractivity contribution in [3.05, 3.63) is 75.7 Å². The van der Waals surface area contributed by atoms with Gasteiger partial charge in [-0.15, -0.1) is 0 Å². The number of allylic oxidation sites excluding steroid dienone is 2. The van der Waals surface area contributed by atoms with Crippen molar-refractivity contribution in [3.63, 3.8) is 0 Å². The number of carbonyl (C=O) groups is 1. The monoisotopic (exact) mass is 377 g/mol. The van der Waals surface area contributed by atoms with Gasteiger partial charge >= 0.3 is 5.97 Å². The van der Waals surface area contributed by atoms with Crippen LogP contribution in [0.15, 0.2) is 59.1 Å². The fourth-order valence-corrected chi connectivity index (χ4v) is 4.30. The fourth-order valence-electron chi connectivity index (χ4n) is 4.30. The molecule has 3 aromatic rings. The third kappa shape index (κ3) is 2.73. The average molecular weight is 377 g/mol. The number of ether oxygens (including phenoxy) is 1. The van der Waals surface area contributed by atoms with Crippen molar-refractivity contribution in [2.45, 2.75) is 25.4 Å². The first kappa shape index (κ1) is 16.5. The number of rotatable bonds is 2. The summed E-state index contributed by atoms with van der Waals surface area (Å²) in [6.45, 7) is 0. The summed E-state index contributed by atoms with van der Waals surface area (Å²) in [5.41, 5.74) is 3.14. The molecule has 0 atom stereocenters. The lowest BCUT2D eigenvalue weighted by atomic mass is 9.89. The predicted molar refractivity (Wildman–Crippen MR) is 118 cm³/mol. The molecule has 1 saturated carbocycles. The Morgan fingerprint density at radius 3 is 2.52 bits per heavy atom. The molecule has 0 aromatic heterocycles. The van der Waals surface area contributed by atoms with Gasteiger partial charge in [-0.05, 0) is 56.8 Å². The number of hydrogen-bond acceptors (Lipinski definition) is 3. The maximum Gasteiger partial charge on any atom is 0.334 e. The summed E-state index contributed by atoms with van der Waals surface area (Å²) < 4.78 is 5.52. The number of esters is 1. The van der Waals surface area contributed by atoms with Gasteiger partial charge in [-0.1, -0.05) is 54.6 Å². The van der Waals surface area contributed by atoms with Crippen LogP contribution in [0.4, 0.5) is 0 Å². The quantitative estimate of drug-likeness (QED) is 0.503. The lowest BCUT2D eigenvalue weighted by Crippen LogP contribution is -2.19. The first-order valence-corrected chi connectivity index (χ1v) is 10.1. The highest BCUT2D eigenvalue weighted by molar-refractivity contribution is 6.11. The molecule has 1 heterocycles. The van der Waals surface area contributed by atoms with Gasteiger partial charge in [0.25, 0.3) is 0 Å². The van der Waals surface area contributed by atoms with Crippen molar-refractivity contribution in [2.24, 2.45) is 4.99 Å². The van der Waals surface area contributed by atoms with Crippen LogP contribution in [0.1, 0.15) is 24.0 Å². The average Bonchev–Trinajstić information content (AvgIpc) is 3.59. The van der Waals surface area contributed by atoms with E-state index in [0.29, 0.717) is 6.42 Å². The van der Waals surface area contributed by atoms with Gasteiger partial charge in [0.05, 0.1) is 0 Å². The Balaban J connectivity index is 1.52. The minimum atomic E-state index is -0.168. The summed E-state index contributed by atoms with van der Waals surface area (Å²) in [5, 5.41) is 7.16. The molecule has 0 bridgehead atoms. The zero-order chi connectivity index (χ0) is 19.4. The van der Waals surface area contributed by atoms with Gasteiger partial charge in [0.2, 0.25) is 0 Å². The van der Waals surface area contributed by atoms with Gasteiger partial charge in [0.1, 0.15) is 6.10 Å². The molecule has 3 heteroatoms. The highest BCUT2D eigenvalue weighted by atomic mass is 16.5. The Labute approximate surface area is 168 Å². The van der Waals surface area contributed by atoms with E-state index in [-0.39, 0.29) is 12.1 Å². The molecule has 0 amide bonds. The maximum atomic E-state index is 12.5. The molecule has 29 heavy (non-hydrogen) atoms. The van der Waals surface area contributed by atoms with E-state index in [1.54, 1.807) is 0 Å². The zero-order valence-corrected chi connectivity index (χ0v) is 15.9. The highest BCUT2D eigenvalue weighted by Crippen LogP contribution is 2.30. The van der Waals surface area contributed by atoms with Gasteiger partial charge in [0, 0.05) is 29.6 Å². The summed E-state index contributed by atoms with van der Waals surface area (Å²) in [7, 11) is 0. The molecule has 140 valence electrons. The van der Waals surface area contributed by atoms with E-state index in [4.69, 9.17) is 4.74 Å². The van der Waals surface area contributed by atoms with Crippen LogP contribution < -0.4 is 10.4 Å². The SMILES string of the molecule is O=C(OC1CC1)C1=CC=c2ccc3c(ccc4c5c(ccc43)=CN=CC=C5)c2C1. The van der Waals surface area contributed by atoms with Crippen LogP contribution >= 0.6 is 0 Å². The van der Waals surface area contributed by atoms with Gasteiger partial charge in [0.15, 0.2) is 0 Å². The molecule has 0 radical (unpaired) electrons. The number of fused-ring (bicyclic) bond motifs is 7. The van der Waals surface area contributed by atoms with E-state index in [9.17, 15) is 4.79 Å². The normalized spacial score (nSPS) is 17.0. The van der Waals surface area contributed by atoms with Crippen molar-refractivity contribution >= 4 is 52.1 Å². The number of benzene rings is 3. The molecule has 3 nitrogen and oxygen atoms in total. The van der Waals surface area contributed by atoms with Crippen LogP contribution in [0.5, 0.6) is 0 Å². The van der Waals surface area contributed by atoms with Gasteiger partial charge in [-0.2, -0.15) is 0 Å². The summed E-state index contributed by atoms with van der Waals surface area (Å²) >= 11 is 0. The van der Waals surface area contributed by atoms with E-state index in [1.165, 1.54) is 37.9 Å². The van der Waals surface area contributed by atoms with Crippen molar-refractivity contribution in [2.75, 3.05) is 0 Å². The number of nitrogens with zero attached hydrogens (tertiary/aromatic N) is 1. The Bertz CT molecular complexity index is 1420. The summed E-state index contributed by atoms with van der Waals surface area (Å²) in [4.78, 5) is 16.8. The topological polar surface area (TPSA) is 38.7 Å². The number of aliphatic imine (C=N–C) groups is 1. The van der Waals surface area contributed by atoms with Gasteiger partial charge in [-0.3, -0.25) is 4.99 Å². The Morgan fingerprint density at radius 1 is 0.897 bits per heavy atom. The van der Waals surface area contributed by atoms with E-state index in [1.807, 2.05) is 30.6 Å². The second-order valence-corrected chi connectivity index (χ2v) is 7.88. The van der Waals surface area contributed by atoms with E-state index >= 15 is 0 Å². The molecule has 6 rings (SSSR count). The smallest absolute Gasteiger partial charge is 0.334 e. The van der Waals surface area contributed by atoms with Crippen molar-refractivity contribution in [1.29, 1.82) is 0 Å². The molecule has 2 aliphatic carbocycles. The van der Waals surface area contributed by atoms with E-state index in [2.05, 4.69) is 47.5 Å². The molecule has 1 fully saturated rings. The lowest BCUT2D eigenvalue weighted by molar-refractivity contribution is -0.140. The van der Waals surface area contributed by atoms with Gasteiger partial charge < -0.3 is 4.74 Å². The zero-order valence-electron chi connectivity index (χ0n) is 15.9. The van der Waals surface area contributed by atoms with Crippen LogP contribution in [-0.4, -0.2) is 18.3 Å².